The molecule has 1 heterocycles. The number of aromatic nitrogens is 3. The summed E-state index contributed by atoms with van der Waals surface area (Å²) in [6.07, 6.45) is 1.37. The van der Waals surface area contributed by atoms with Gasteiger partial charge in [-0.2, -0.15) is 10.1 Å². The Bertz CT molecular complexity index is 695. The van der Waals surface area contributed by atoms with Gasteiger partial charge in [0.05, 0.1) is 0 Å². The molecule has 6 heteroatoms. The van der Waals surface area contributed by atoms with Crippen molar-refractivity contribution in [3.05, 3.63) is 41.2 Å². The van der Waals surface area contributed by atoms with Crippen LogP contribution in [-0.2, 0) is 7.05 Å². The van der Waals surface area contributed by atoms with Crippen molar-refractivity contribution in [2.24, 2.45) is 7.05 Å². The van der Waals surface area contributed by atoms with E-state index >= 15 is 0 Å². The summed E-state index contributed by atoms with van der Waals surface area (Å²) < 4.78 is 1.48. The summed E-state index contributed by atoms with van der Waals surface area (Å²) in [6.45, 7) is 1.67. The zero-order chi connectivity index (χ0) is 14.5. The summed E-state index contributed by atoms with van der Waals surface area (Å²) in [5.41, 5.74) is 2.17. The predicted octanol–water partition coefficient (Wildman–Crippen LogP) is 0.720. The number of anilines is 1. The molecule has 1 aromatic heterocycles. The lowest BCUT2D eigenvalue weighted by atomic mass is 10.1. The number of hydrogen-bond donors (Lipinski definition) is 2. The van der Waals surface area contributed by atoms with Gasteiger partial charge >= 0.3 is 0 Å². The molecule has 2 aromatic rings. The molecule has 0 spiro atoms. The summed E-state index contributed by atoms with van der Waals surface area (Å²) >= 11 is 0. The van der Waals surface area contributed by atoms with E-state index in [0.29, 0.717) is 11.5 Å². The normalized spacial score (nSPS) is 9.75. The first-order valence-electron chi connectivity index (χ1n) is 5.97. The van der Waals surface area contributed by atoms with Gasteiger partial charge in [-0.15, -0.1) is 0 Å². The third-order valence-electron chi connectivity index (χ3n) is 2.73. The first-order valence-corrected chi connectivity index (χ1v) is 5.97. The molecule has 0 saturated heterocycles. The molecule has 0 aliphatic heterocycles. The van der Waals surface area contributed by atoms with E-state index in [1.54, 1.807) is 25.2 Å². The van der Waals surface area contributed by atoms with Gasteiger partial charge in [0.25, 0.3) is 5.91 Å². The quantitative estimate of drug-likeness (QED) is 0.788. The van der Waals surface area contributed by atoms with Crippen molar-refractivity contribution in [3.63, 3.8) is 0 Å². The highest BCUT2D eigenvalue weighted by molar-refractivity contribution is 6.03. The minimum absolute atomic E-state index is 0.187. The predicted molar refractivity (Wildman–Crippen MR) is 74.1 cm³/mol. The molecule has 0 aliphatic rings. The van der Waals surface area contributed by atoms with Crippen LogP contribution in [0.25, 0.3) is 0 Å². The van der Waals surface area contributed by atoms with Crippen molar-refractivity contribution >= 4 is 11.9 Å². The Balaban J connectivity index is 2.19. The summed E-state index contributed by atoms with van der Waals surface area (Å²) in [4.78, 5) is 16.0. The average Bonchev–Trinajstić information content (AvgIpc) is 2.83. The largest absolute Gasteiger partial charge is 0.384 e. The number of amides is 1. The van der Waals surface area contributed by atoms with Crippen LogP contribution in [0.15, 0.2) is 24.5 Å². The topological polar surface area (TPSA) is 80.0 Å². The minimum atomic E-state index is -0.258. The average molecular weight is 270 g/mol. The smallest absolute Gasteiger partial charge is 0.258 e. The van der Waals surface area contributed by atoms with Gasteiger partial charge in [0.15, 0.2) is 0 Å². The van der Waals surface area contributed by atoms with Gasteiger partial charge in [-0.3, -0.25) is 10.1 Å². The molecule has 0 bridgehead atoms. The lowest BCUT2D eigenvalue weighted by Crippen LogP contribution is -2.15. The van der Waals surface area contributed by atoms with Crippen molar-refractivity contribution in [2.75, 3.05) is 11.9 Å². The number of carbonyl (C=O) groups is 1. The second kappa shape index (κ2) is 5.99. The van der Waals surface area contributed by atoms with E-state index in [0.717, 1.165) is 11.1 Å². The summed E-state index contributed by atoms with van der Waals surface area (Å²) in [7, 11) is 1.70. The molecule has 0 aliphatic carbocycles. The van der Waals surface area contributed by atoms with Crippen molar-refractivity contribution in [2.45, 2.75) is 6.92 Å². The first-order chi connectivity index (χ1) is 9.61. The first kappa shape index (κ1) is 13.8. The molecule has 0 atom stereocenters. The van der Waals surface area contributed by atoms with Crippen LogP contribution < -0.4 is 5.32 Å². The Hall–Kier alpha value is -2.65. The second-order valence-electron chi connectivity index (χ2n) is 4.15. The second-order valence-corrected chi connectivity index (χ2v) is 4.15. The third-order valence-corrected chi connectivity index (χ3v) is 2.73. The zero-order valence-corrected chi connectivity index (χ0v) is 11.2. The van der Waals surface area contributed by atoms with Gasteiger partial charge in [-0.05, 0) is 30.7 Å². The molecule has 0 radical (unpaired) electrons. The number of rotatable bonds is 2. The fourth-order valence-electron chi connectivity index (χ4n) is 1.66. The van der Waals surface area contributed by atoms with Gasteiger partial charge in [0.2, 0.25) is 5.95 Å². The van der Waals surface area contributed by atoms with E-state index in [9.17, 15) is 4.79 Å². The van der Waals surface area contributed by atoms with Crippen LogP contribution >= 0.6 is 0 Å². The van der Waals surface area contributed by atoms with Gasteiger partial charge < -0.3 is 5.11 Å². The zero-order valence-electron chi connectivity index (χ0n) is 11.2. The van der Waals surface area contributed by atoms with Crippen molar-refractivity contribution < 1.29 is 9.90 Å². The van der Waals surface area contributed by atoms with E-state index in [4.69, 9.17) is 5.11 Å². The van der Waals surface area contributed by atoms with Crippen molar-refractivity contribution in [1.29, 1.82) is 0 Å². The molecule has 2 N–H and O–H groups in total. The fraction of sp³-hybridized carbons (Fsp3) is 0.214. The standard InChI is InChI=1S/C14H14N4O2/c1-10-8-12(6-5-11(10)4-3-7-19)13(20)17-14-15-9-16-18(14)2/h5-6,8-9,19H,7H2,1-2H3,(H,15,16,17,20). The summed E-state index contributed by atoms with van der Waals surface area (Å²) in [5, 5.41) is 15.2. The van der Waals surface area contributed by atoms with E-state index in [1.807, 2.05) is 6.92 Å². The SMILES string of the molecule is Cc1cc(C(=O)Nc2ncnn2C)ccc1C#CCO. The monoisotopic (exact) mass is 270 g/mol. The van der Waals surface area contributed by atoms with Crippen LogP contribution in [0.2, 0.25) is 0 Å². The number of hydrogen-bond acceptors (Lipinski definition) is 4. The number of nitrogens with one attached hydrogen (secondary N) is 1. The molecule has 6 nitrogen and oxygen atoms in total. The highest BCUT2D eigenvalue weighted by Gasteiger charge is 2.10. The maximum Gasteiger partial charge on any atom is 0.258 e. The summed E-state index contributed by atoms with van der Waals surface area (Å²) in [6, 6.07) is 5.18. The van der Waals surface area contributed by atoms with Crippen LogP contribution in [0.5, 0.6) is 0 Å². The number of nitrogens with zero attached hydrogens (tertiary/aromatic N) is 3. The van der Waals surface area contributed by atoms with Gasteiger partial charge in [-0.1, -0.05) is 11.8 Å². The van der Waals surface area contributed by atoms with Crippen LogP contribution in [0, 0.1) is 18.8 Å². The molecule has 1 amide bonds. The Morgan fingerprint density at radius 3 is 2.90 bits per heavy atom. The molecular weight excluding hydrogens is 256 g/mol. The number of aryl methyl sites for hydroxylation is 2. The van der Waals surface area contributed by atoms with Crippen LogP contribution in [0.4, 0.5) is 5.95 Å². The van der Waals surface area contributed by atoms with Gasteiger partial charge in [0, 0.05) is 18.2 Å². The Morgan fingerprint density at radius 2 is 2.30 bits per heavy atom. The lowest BCUT2D eigenvalue weighted by Gasteiger charge is -2.05. The number of carbonyl (C=O) groups excluding carboxylic acids is 1. The van der Waals surface area contributed by atoms with Gasteiger partial charge in [0.1, 0.15) is 12.9 Å². The molecule has 2 rings (SSSR count). The van der Waals surface area contributed by atoms with E-state index in [1.165, 1.54) is 11.0 Å². The number of aliphatic hydroxyl groups is 1. The molecule has 20 heavy (non-hydrogen) atoms. The van der Waals surface area contributed by atoms with E-state index in [-0.39, 0.29) is 12.5 Å². The molecule has 102 valence electrons. The number of benzene rings is 1. The highest BCUT2D eigenvalue weighted by Crippen LogP contribution is 2.11. The van der Waals surface area contributed by atoms with E-state index in [2.05, 4.69) is 27.2 Å². The Kier molecular flexibility index (Phi) is 4.13. The molecule has 0 unspecified atom stereocenters. The van der Waals surface area contributed by atoms with Crippen molar-refractivity contribution in [3.8, 4) is 11.8 Å². The van der Waals surface area contributed by atoms with Crippen LogP contribution in [0.1, 0.15) is 21.5 Å². The maximum absolute atomic E-state index is 12.1. The van der Waals surface area contributed by atoms with Gasteiger partial charge in [-0.25, -0.2) is 4.68 Å². The lowest BCUT2D eigenvalue weighted by molar-refractivity contribution is 0.102. The Morgan fingerprint density at radius 1 is 1.50 bits per heavy atom. The molecule has 1 aromatic carbocycles. The minimum Gasteiger partial charge on any atom is -0.384 e. The van der Waals surface area contributed by atoms with Crippen LogP contribution in [0.3, 0.4) is 0 Å². The highest BCUT2D eigenvalue weighted by atomic mass is 16.2. The third kappa shape index (κ3) is 3.02. The molecular formula is C14H14N4O2. The number of aliphatic hydroxyl groups excluding tert-OH is 1. The summed E-state index contributed by atoms with van der Waals surface area (Å²) in [5.74, 6) is 5.53. The van der Waals surface area contributed by atoms with Crippen molar-refractivity contribution in [1.82, 2.24) is 14.8 Å². The Labute approximate surface area is 116 Å². The van der Waals surface area contributed by atoms with Crippen LogP contribution in [-0.4, -0.2) is 32.4 Å². The fourth-order valence-corrected chi connectivity index (χ4v) is 1.66. The molecule has 0 saturated carbocycles. The van der Waals surface area contributed by atoms with E-state index < -0.39 is 0 Å². The molecule has 0 fully saturated rings. The maximum atomic E-state index is 12.1.